The highest BCUT2D eigenvalue weighted by atomic mass is 16.5. The second kappa shape index (κ2) is 3.69. The molecule has 3 nitrogen and oxygen atoms in total. The smallest absolute Gasteiger partial charge is 0.337 e. The number of allylic oxidation sites excluding steroid dienone is 3. The van der Waals surface area contributed by atoms with Crippen LogP contribution in [0.25, 0.3) is 0 Å². The molecule has 0 aliphatic heterocycles. The standard InChI is InChI=1S/C9H8O3/c1-12-9(11)8-4-2-7(6-10)3-5-8/h2,4-5H,3H2,1H3. The van der Waals surface area contributed by atoms with Crippen molar-refractivity contribution in [2.24, 2.45) is 0 Å². The molecular formula is C9H8O3. The van der Waals surface area contributed by atoms with Crippen LogP contribution in [0.4, 0.5) is 0 Å². The van der Waals surface area contributed by atoms with E-state index < -0.39 is 0 Å². The molecule has 0 unspecified atom stereocenters. The Bertz CT molecular complexity index is 304. The summed E-state index contributed by atoms with van der Waals surface area (Å²) >= 11 is 0. The summed E-state index contributed by atoms with van der Waals surface area (Å²) in [6, 6.07) is 0. The predicted molar refractivity (Wildman–Crippen MR) is 43.1 cm³/mol. The average Bonchev–Trinajstić information content (AvgIpc) is 2.17. The van der Waals surface area contributed by atoms with Crippen molar-refractivity contribution >= 4 is 11.9 Å². The molecule has 0 aromatic rings. The summed E-state index contributed by atoms with van der Waals surface area (Å²) in [5.74, 6) is 1.39. The molecule has 0 spiro atoms. The van der Waals surface area contributed by atoms with E-state index in [1.807, 2.05) is 0 Å². The van der Waals surface area contributed by atoms with Crippen LogP contribution in [-0.4, -0.2) is 19.0 Å². The van der Waals surface area contributed by atoms with E-state index in [1.165, 1.54) is 7.11 Å². The number of rotatable bonds is 1. The summed E-state index contributed by atoms with van der Waals surface area (Å²) in [6.45, 7) is 0. The molecule has 0 saturated heterocycles. The van der Waals surface area contributed by atoms with Gasteiger partial charge in [-0.2, -0.15) is 0 Å². The first-order valence-corrected chi connectivity index (χ1v) is 3.48. The zero-order chi connectivity index (χ0) is 8.97. The van der Waals surface area contributed by atoms with Crippen molar-refractivity contribution in [3.05, 3.63) is 29.4 Å². The third-order valence-electron chi connectivity index (χ3n) is 1.56. The van der Waals surface area contributed by atoms with Crippen molar-refractivity contribution in [1.82, 2.24) is 0 Å². The van der Waals surface area contributed by atoms with Gasteiger partial charge in [0.15, 0.2) is 0 Å². The van der Waals surface area contributed by atoms with Gasteiger partial charge >= 0.3 is 5.97 Å². The summed E-state index contributed by atoms with van der Waals surface area (Å²) in [5.41, 5.74) is 1.03. The molecule has 0 amide bonds. The number of carbonyl (C=O) groups excluding carboxylic acids is 2. The highest BCUT2D eigenvalue weighted by molar-refractivity contribution is 5.92. The molecule has 0 aromatic heterocycles. The maximum absolute atomic E-state index is 10.9. The van der Waals surface area contributed by atoms with E-state index in [4.69, 9.17) is 0 Å². The van der Waals surface area contributed by atoms with Gasteiger partial charge in [0.2, 0.25) is 0 Å². The minimum Gasteiger partial charge on any atom is -0.465 e. The Kier molecular flexibility index (Phi) is 2.62. The van der Waals surface area contributed by atoms with Crippen molar-refractivity contribution in [3.8, 4) is 0 Å². The zero-order valence-corrected chi connectivity index (χ0v) is 6.66. The number of hydrogen-bond donors (Lipinski definition) is 0. The topological polar surface area (TPSA) is 43.4 Å². The Hall–Kier alpha value is -1.60. The maximum Gasteiger partial charge on any atom is 0.337 e. The van der Waals surface area contributed by atoms with Gasteiger partial charge in [-0.05, 0) is 12.2 Å². The molecule has 0 heterocycles. The fourth-order valence-corrected chi connectivity index (χ4v) is 0.891. The summed E-state index contributed by atoms with van der Waals surface area (Å²) in [6.07, 6.45) is 5.21. The third-order valence-corrected chi connectivity index (χ3v) is 1.56. The molecule has 0 N–H and O–H groups in total. The Balaban J connectivity index is 2.77. The largest absolute Gasteiger partial charge is 0.465 e. The lowest BCUT2D eigenvalue weighted by atomic mass is 10.0. The first-order chi connectivity index (χ1) is 5.77. The predicted octanol–water partition coefficient (Wildman–Crippen LogP) is 0.804. The van der Waals surface area contributed by atoms with Gasteiger partial charge in [0.25, 0.3) is 0 Å². The molecule has 0 atom stereocenters. The van der Waals surface area contributed by atoms with Crippen LogP contribution in [0.15, 0.2) is 29.4 Å². The third kappa shape index (κ3) is 1.71. The van der Waals surface area contributed by atoms with Gasteiger partial charge in [-0.15, -0.1) is 0 Å². The molecule has 0 fully saturated rings. The van der Waals surface area contributed by atoms with Crippen LogP contribution in [-0.2, 0) is 14.3 Å². The molecule has 1 rings (SSSR count). The Morgan fingerprint density at radius 2 is 2.33 bits per heavy atom. The maximum atomic E-state index is 10.9. The van der Waals surface area contributed by atoms with Crippen molar-refractivity contribution < 1.29 is 14.3 Å². The van der Waals surface area contributed by atoms with Crippen molar-refractivity contribution in [2.45, 2.75) is 6.42 Å². The van der Waals surface area contributed by atoms with E-state index in [9.17, 15) is 9.59 Å². The second-order valence-corrected chi connectivity index (χ2v) is 2.32. The number of hydrogen-bond acceptors (Lipinski definition) is 3. The summed E-state index contributed by atoms with van der Waals surface area (Å²) in [4.78, 5) is 21.1. The summed E-state index contributed by atoms with van der Waals surface area (Å²) < 4.78 is 4.49. The van der Waals surface area contributed by atoms with Crippen molar-refractivity contribution in [2.75, 3.05) is 7.11 Å². The van der Waals surface area contributed by atoms with Gasteiger partial charge in [0.05, 0.1) is 12.7 Å². The Morgan fingerprint density at radius 3 is 2.75 bits per heavy atom. The quantitative estimate of drug-likeness (QED) is 0.425. The molecule has 62 valence electrons. The van der Waals surface area contributed by atoms with E-state index in [0.29, 0.717) is 17.6 Å². The minimum atomic E-state index is -0.379. The van der Waals surface area contributed by atoms with Crippen LogP contribution in [0.1, 0.15) is 6.42 Å². The SMILES string of the molecule is COC(=O)C1=CCC(=C=O)C=C1. The van der Waals surface area contributed by atoms with Gasteiger partial charge < -0.3 is 4.74 Å². The molecule has 0 saturated carbocycles. The monoisotopic (exact) mass is 164 g/mol. The zero-order valence-electron chi connectivity index (χ0n) is 6.66. The Morgan fingerprint density at radius 1 is 1.58 bits per heavy atom. The lowest BCUT2D eigenvalue weighted by Crippen LogP contribution is -2.04. The van der Waals surface area contributed by atoms with E-state index in [1.54, 1.807) is 24.2 Å². The second-order valence-electron chi connectivity index (χ2n) is 2.32. The average molecular weight is 164 g/mol. The normalized spacial score (nSPS) is 15.1. The molecule has 0 radical (unpaired) electrons. The van der Waals surface area contributed by atoms with Gasteiger partial charge in [-0.25, -0.2) is 9.59 Å². The van der Waals surface area contributed by atoms with Crippen molar-refractivity contribution in [3.63, 3.8) is 0 Å². The highest BCUT2D eigenvalue weighted by Gasteiger charge is 2.09. The van der Waals surface area contributed by atoms with Gasteiger partial charge in [-0.3, -0.25) is 0 Å². The number of methoxy groups -OCH3 is 1. The highest BCUT2D eigenvalue weighted by Crippen LogP contribution is 2.13. The summed E-state index contributed by atoms with van der Waals surface area (Å²) in [7, 11) is 1.32. The molecule has 0 aromatic carbocycles. The number of carbonyl (C=O) groups is 1. The van der Waals surface area contributed by atoms with E-state index >= 15 is 0 Å². The van der Waals surface area contributed by atoms with Crippen LogP contribution in [0.2, 0.25) is 0 Å². The van der Waals surface area contributed by atoms with Crippen LogP contribution in [0.5, 0.6) is 0 Å². The van der Waals surface area contributed by atoms with E-state index in [2.05, 4.69) is 4.74 Å². The van der Waals surface area contributed by atoms with E-state index in [-0.39, 0.29) is 5.97 Å². The van der Waals surface area contributed by atoms with Gasteiger partial charge in [0, 0.05) is 12.0 Å². The number of esters is 1. The summed E-state index contributed by atoms with van der Waals surface area (Å²) in [5, 5.41) is 0. The molecular weight excluding hydrogens is 156 g/mol. The van der Waals surface area contributed by atoms with Crippen LogP contribution in [0.3, 0.4) is 0 Å². The molecule has 1 aliphatic rings. The lowest BCUT2D eigenvalue weighted by molar-refractivity contribution is -0.135. The first-order valence-electron chi connectivity index (χ1n) is 3.48. The first kappa shape index (κ1) is 8.50. The minimum absolute atomic E-state index is 0.379. The fourth-order valence-electron chi connectivity index (χ4n) is 0.891. The van der Waals surface area contributed by atoms with Gasteiger partial charge in [-0.1, -0.05) is 6.08 Å². The van der Waals surface area contributed by atoms with E-state index in [0.717, 1.165) is 0 Å². The van der Waals surface area contributed by atoms with Crippen LogP contribution < -0.4 is 0 Å². The molecule has 1 aliphatic carbocycles. The number of ether oxygens (including phenoxy) is 1. The molecule has 12 heavy (non-hydrogen) atoms. The Labute approximate surface area is 70.0 Å². The van der Waals surface area contributed by atoms with Gasteiger partial charge in [0.1, 0.15) is 5.94 Å². The molecule has 3 heteroatoms. The molecule has 0 bridgehead atoms. The lowest BCUT2D eigenvalue weighted by Gasteiger charge is -2.03. The fraction of sp³-hybridized carbons (Fsp3) is 0.222. The van der Waals surface area contributed by atoms with Crippen LogP contribution >= 0.6 is 0 Å². The van der Waals surface area contributed by atoms with Crippen molar-refractivity contribution in [1.29, 1.82) is 0 Å². The van der Waals surface area contributed by atoms with Crippen LogP contribution in [0, 0.1) is 0 Å².